The lowest BCUT2D eigenvalue weighted by Gasteiger charge is -2.13. The smallest absolute Gasteiger partial charge is 0.241 e. The molecule has 0 amide bonds. The first-order valence-corrected chi connectivity index (χ1v) is 6.51. The average Bonchev–Trinajstić information content (AvgIpc) is 3.14. The monoisotopic (exact) mass is 283 g/mol. The van der Waals surface area contributed by atoms with Gasteiger partial charge in [0.05, 0.1) is 17.6 Å². The van der Waals surface area contributed by atoms with Crippen molar-refractivity contribution in [3.05, 3.63) is 36.0 Å². The largest absolute Gasteiger partial charge is 0.491 e. The van der Waals surface area contributed by atoms with Crippen molar-refractivity contribution >= 4 is 22.8 Å². The summed E-state index contributed by atoms with van der Waals surface area (Å²) < 4.78 is 5.66. The van der Waals surface area contributed by atoms with Gasteiger partial charge in [-0.15, -0.1) is 0 Å². The minimum Gasteiger partial charge on any atom is -0.491 e. The Balaban J connectivity index is 1.73. The first-order chi connectivity index (χ1) is 10.3. The zero-order chi connectivity index (χ0) is 14.2. The van der Waals surface area contributed by atoms with Crippen molar-refractivity contribution in [1.29, 1.82) is 0 Å². The molecule has 5 N–H and O–H groups in total. The fourth-order valence-electron chi connectivity index (χ4n) is 2.46. The molecule has 106 valence electrons. The van der Waals surface area contributed by atoms with Crippen LogP contribution in [-0.4, -0.2) is 26.8 Å². The summed E-state index contributed by atoms with van der Waals surface area (Å²) in [5.41, 5.74) is 4.18. The van der Waals surface area contributed by atoms with Crippen LogP contribution in [0, 0.1) is 0 Å². The van der Waals surface area contributed by atoms with Gasteiger partial charge in [-0.25, -0.2) is 5.84 Å². The van der Waals surface area contributed by atoms with E-state index in [9.17, 15) is 0 Å². The van der Waals surface area contributed by atoms with Crippen molar-refractivity contribution in [2.45, 2.75) is 6.04 Å². The summed E-state index contributed by atoms with van der Waals surface area (Å²) in [6, 6.07) is 7.96. The number of hydrazine groups is 1. The van der Waals surface area contributed by atoms with E-state index in [1.54, 1.807) is 6.20 Å². The predicted molar refractivity (Wildman–Crippen MR) is 77.8 cm³/mol. The Hall–Kier alpha value is -2.87. The highest BCUT2D eigenvalue weighted by molar-refractivity contribution is 5.87. The molecule has 0 aliphatic carbocycles. The Morgan fingerprint density at radius 2 is 2.19 bits per heavy atom. The molecular formula is C13H13N7O. The Kier molecular flexibility index (Phi) is 2.61. The Morgan fingerprint density at radius 1 is 1.29 bits per heavy atom. The summed E-state index contributed by atoms with van der Waals surface area (Å²) in [5, 5.41) is 11.0. The number of aromatic nitrogens is 4. The molecule has 0 fully saturated rings. The highest BCUT2D eigenvalue weighted by Gasteiger charge is 2.24. The number of rotatable bonds is 3. The summed E-state index contributed by atoms with van der Waals surface area (Å²) in [5.74, 6) is 7.27. The van der Waals surface area contributed by atoms with Gasteiger partial charge in [0.1, 0.15) is 18.2 Å². The van der Waals surface area contributed by atoms with E-state index in [2.05, 4.69) is 30.9 Å². The molecule has 2 aromatic heterocycles. The third-order valence-corrected chi connectivity index (χ3v) is 3.45. The van der Waals surface area contributed by atoms with Crippen molar-refractivity contribution in [3.8, 4) is 5.75 Å². The Morgan fingerprint density at radius 3 is 3.10 bits per heavy atom. The first-order valence-electron chi connectivity index (χ1n) is 6.51. The molecule has 0 bridgehead atoms. The van der Waals surface area contributed by atoms with Gasteiger partial charge in [-0.2, -0.15) is 15.1 Å². The summed E-state index contributed by atoms with van der Waals surface area (Å²) in [6.45, 7) is 0.550. The minimum absolute atomic E-state index is 0.0276. The maximum atomic E-state index is 5.66. The van der Waals surface area contributed by atoms with Gasteiger partial charge < -0.3 is 10.1 Å². The number of nitrogen functional groups attached to an aromatic ring is 1. The molecule has 1 aliphatic rings. The number of hydrogen-bond acceptors (Lipinski definition) is 7. The van der Waals surface area contributed by atoms with Gasteiger partial charge in [0, 0.05) is 5.56 Å². The van der Waals surface area contributed by atoms with Crippen LogP contribution >= 0.6 is 0 Å². The lowest BCUT2D eigenvalue weighted by molar-refractivity contribution is 0.339. The van der Waals surface area contributed by atoms with E-state index in [0.29, 0.717) is 24.0 Å². The number of benzene rings is 1. The second kappa shape index (κ2) is 4.60. The normalized spacial score (nSPS) is 16.5. The number of nitrogens with one attached hydrogen (secondary N) is 3. The summed E-state index contributed by atoms with van der Waals surface area (Å²) in [6.07, 6.45) is 1.68. The molecule has 0 spiro atoms. The lowest BCUT2D eigenvalue weighted by Crippen LogP contribution is -2.16. The Labute approximate surface area is 119 Å². The Bertz CT molecular complexity index is 800. The van der Waals surface area contributed by atoms with E-state index in [1.807, 2.05) is 24.3 Å². The van der Waals surface area contributed by atoms with Crippen molar-refractivity contribution in [2.24, 2.45) is 5.84 Å². The van der Waals surface area contributed by atoms with Crippen molar-refractivity contribution in [2.75, 3.05) is 17.3 Å². The van der Waals surface area contributed by atoms with Gasteiger partial charge in [0.2, 0.25) is 5.95 Å². The van der Waals surface area contributed by atoms with Gasteiger partial charge in [0.15, 0.2) is 5.65 Å². The van der Waals surface area contributed by atoms with Crippen molar-refractivity contribution < 1.29 is 4.74 Å². The van der Waals surface area contributed by atoms with Crippen LogP contribution in [-0.2, 0) is 0 Å². The van der Waals surface area contributed by atoms with E-state index < -0.39 is 0 Å². The molecule has 0 radical (unpaired) electrons. The fourth-order valence-corrected chi connectivity index (χ4v) is 2.46. The second-order valence-electron chi connectivity index (χ2n) is 4.72. The molecule has 4 rings (SSSR count). The van der Waals surface area contributed by atoms with Gasteiger partial charge in [-0.3, -0.25) is 10.5 Å². The van der Waals surface area contributed by atoms with E-state index in [4.69, 9.17) is 10.6 Å². The maximum Gasteiger partial charge on any atom is 0.241 e. The quantitative estimate of drug-likeness (QED) is 0.421. The van der Waals surface area contributed by atoms with E-state index in [-0.39, 0.29) is 6.04 Å². The number of hydrogen-bond donors (Lipinski definition) is 4. The number of anilines is 2. The third kappa shape index (κ3) is 1.93. The number of para-hydroxylation sites is 1. The number of aromatic amines is 1. The molecule has 3 aromatic rings. The number of H-pyrrole nitrogens is 1. The SMILES string of the molecule is NNc1nc(NC2COc3ccccc32)c2cn[nH]c2n1. The highest BCUT2D eigenvalue weighted by atomic mass is 16.5. The summed E-state index contributed by atoms with van der Waals surface area (Å²) in [7, 11) is 0. The van der Waals surface area contributed by atoms with Gasteiger partial charge in [0.25, 0.3) is 0 Å². The zero-order valence-corrected chi connectivity index (χ0v) is 11.0. The topological polar surface area (TPSA) is 114 Å². The van der Waals surface area contributed by atoms with Crippen LogP contribution in [0.1, 0.15) is 11.6 Å². The molecule has 8 heteroatoms. The summed E-state index contributed by atoms with van der Waals surface area (Å²) in [4.78, 5) is 8.55. The molecule has 0 saturated heterocycles. The van der Waals surface area contributed by atoms with Crippen molar-refractivity contribution in [1.82, 2.24) is 20.2 Å². The number of nitrogens with zero attached hydrogens (tertiary/aromatic N) is 3. The third-order valence-electron chi connectivity index (χ3n) is 3.45. The van der Waals surface area contributed by atoms with E-state index in [1.165, 1.54) is 0 Å². The summed E-state index contributed by atoms with van der Waals surface area (Å²) >= 11 is 0. The van der Waals surface area contributed by atoms with Gasteiger partial charge in [-0.05, 0) is 6.07 Å². The molecule has 0 saturated carbocycles. The van der Waals surface area contributed by atoms with Crippen LogP contribution < -0.4 is 21.3 Å². The van der Waals surface area contributed by atoms with Crippen LogP contribution in [0.25, 0.3) is 11.0 Å². The molecule has 1 atom stereocenters. The standard InChI is InChI=1S/C13H13N7O/c14-19-13-17-11(8-5-15-20-12(8)18-13)16-9-6-21-10-4-2-1-3-7(9)10/h1-5,9H,6,14H2,(H3,15,16,17,18,19,20). The van der Waals surface area contributed by atoms with E-state index >= 15 is 0 Å². The number of fused-ring (bicyclic) bond motifs is 2. The van der Waals surface area contributed by atoms with Crippen LogP contribution in [0.4, 0.5) is 11.8 Å². The van der Waals surface area contributed by atoms with Gasteiger partial charge in [-0.1, -0.05) is 18.2 Å². The van der Waals surface area contributed by atoms with Crippen LogP contribution in [0.2, 0.25) is 0 Å². The molecule has 1 aromatic carbocycles. The molecule has 8 nitrogen and oxygen atoms in total. The molecule has 21 heavy (non-hydrogen) atoms. The number of ether oxygens (including phenoxy) is 1. The maximum absolute atomic E-state index is 5.66. The van der Waals surface area contributed by atoms with E-state index in [0.717, 1.165) is 16.7 Å². The first kappa shape index (κ1) is 11.9. The predicted octanol–water partition coefficient (Wildman–Crippen LogP) is 1.18. The molecule has 3 heterocycles. The average molecular weight is 283 g/mol. The van der Waals surface area contributed by atoms with Crippen LogP contribution in [0.5, 0.6) is 5.75 Å². The van der Waals surface area contributed by atoms with Crippen LogP contribution in [0.3, 0.4) is 0 Å². The number of nitrogens with two attached hydrogens (primary N) is 1. The highest BCUT2D eigenvalue weighted by Crippen LogP contribution is 2.34. The minimum atomic E-state index is 0.0276. The lowest BCUT2D eigenvalue weighted by atomic mass is 10.1. The van der Waals surface area contributed by atoms with Crippen molar-refractivity contribution in [3.63, 3.8) is 0 Å². The molecular weight excluding hydrogens is 270 g/mol. The van der Waals surface area contributed by atoms with Gasteiger partial charge >= 0.3 is 0 Å². The zero-order valence-electron chi connectivity index (χ0n) is 11.0. The molecule has 1 unspecified atom stereocenters. The second-order valence-corrected chi connectivity index (χ2v) is 4.72. The van der Waals surface area contributed by atoms with Crippen LogP contribution in [0.15, 0.2) is 30.5 Å². The fraction of sp³-hybridized carbons (Fsp3) is 0.154. The molecule has 1 aliphatic heterocycles.